The topological polar surface area (TPSA) is 43.8 Å². The van der Waals surface area contributed by atoms with Crippen molar-refractivity contribution < 1.29 is 0 Å². The predicted molar refractivity (Wildman–Crippen MR) is 62.5 cm³/mol. The quantitative estimate of drug-likeness (QED) is 0.761. The number of allylic oxidation sites excluding steroid dienone is 1. The van der Waals surface area contributed by atoms with Crippen LogP contribution in [0.1, 0.15) is 36.2 Å². The zero-order valence-electron chi connectivity index (χ0n) is 9.75. The van der Waals surface area contributed by atoms with Gasteiger partial charge in [-0.25, -0.2) is 0 Å². The molecule has 2 rings (SSSR count). The lowest BCUT2D eigenvalue weighted by atomic mass is 9.90. The standard InChI is InChI=1S/C12H19N3/c1-8-12(9(2)15(3)14-8)10-4-6-11(13)7-5-10/h4,11H,5-7,13H2,1-3H3. The molecule has 0 saturated carbocycles. The first-order valence-corrected chi connectivity index (χ1v) is 5.54. The van der Waals surface area contributed by atoms with Crippen LogP contribution in [-0.2, 0) is 7.05 Å². The Labute approximate surface area is 91.0 Å². The molecule has 0 fully saturated rings. The van der Waals surface area contributed by atoms with Gasteiger partial charge in [0.05, 0.1) is 5.69 Å². The Morgan fingerprint density at radius 2 is 2.20 bits per heavy atom. The van der Waals surface area contributed by atoms with Crippen LogP contribution in [0.5, 0.6) is 0 Å². The Morgan fingerprint density at radius 3 is 2.67 bits per heavy atom. The summed E-state index contributed by atoms with van der Waals surface area (Å²) in [5, 5.41) is 4.45. The van der Waals surface area contributed by atoms with E-state index in [9.17, 15) is 0 Å². The fraction of sp³-hybridized carbons (Fsp3) is 0.583. The van der Waals surface area contributed by atoms with Crippen molar-refractivity contribution in [3.05, 3.63) is 23.0 Å². The molecule has 1 aromatic heterocycles. The van der Waals surface area contributed by atoms with Crippen molar-refractivity contribution in [3.8, 4) is 0 Å². The van der Waals surface area contributed by atoms with Gasteiger partial charge in [-0.05, 0) is 38.7 Å². The Balaban J connectivity index is 2.37. The monoisotopic (exact) mass is 205 g/mol. The summed E-state index contributed by atoms with van der Waals surface area (Å²) in [5.41, 5.74) is 11.1. The number of nitrogens with two attached hydrogens (primary N) is 1. The predicted octanol–water partition coefficient (Wildman–Crippen LogP) is 1.93. The lowest BCUT2D eigenvalue weighted by molar-refractivity contribution is 0.614. The number of hydrogen-bond acceptors (Lipinski definition) is 2. The van der Waals surface area contributed by atoms with Gasteiger partial charge in [-0.1, -0.05) is 6.08 Å². The van der Waals surface area contributed by atoms with Gasteiger partial charge in [-0.15, -0.1) is 0 Å². The van der Waals surface area contributed by atoms with Gasteiger partial charge in [0.1, 0.15) is 0 Å². The molecule has 1 aliphatic carbocycles. The van der Waals surface area contributed by atoms with Gasteiger partial charge in [0.2, 0.25) is 0 Å². The maximum absolute atomic E-state index is 5.89. The first-order chi connectivity index (χ1) is 7.09. The summed E-state index contributed by atoms with van der Waals surface area (Å²) in [7, 11) is 2.00. The Kier molecular flexibility index (Phi) is 2.65. The largest absolute Gasteiger partial charge is 0.327 e. The minimum atomic E-state index is 0.353. The van der Waals surface area contributed by atoms with E-state index in [0.29, 0.717) is 6.04 Å². The molecule has 0 bridgehead atoms. The molecule has 1 atom stereocenters. The highest BCUT2D eigenvalue weighted by molar-refractivity contribution is 5.69. The highest BCUT2D eigenvalue weighted by Gasteiger charge is 2.17. The van der Waals surface area contributed by atoms with Crippen molar-refractivity contribution in [1.29, 1.82) is 0 Å². The Hall–Kier alpha value is -1.09. The number of aryl methyl sites for hydroxylation is 2. The lowest BCUT2D eigenvalue weighted by Crippen LogP contribution is -2.21. The maximum Gasteiger partial charge on any atom is 0.0671 e. The zero-order valence-corrected chi connectivity index (χ0v) is 9.75. The molecule has 3 heteroatoms. The normalized spacial score (nSPS) is 21.6. The molecule has 3 nitrogen and oxygen atoms in total. The molecule has 0 spiro atoms. The molecule has 0 saturated heterocycles. The van der Waals surface area contributed by atoms with Crippen LogP contribution in [0.15, 0.2) is 6.08 Å². The average molecular weight is 205 g/mol. The SMILES string of the molecule is Cc1nn(C)c(C)c1C1=CCC(N)CC1. The molecule has 0 amide bonds. The molecule has 1 aliphatic rings. The third-order valence-electron chi connectivity index (χ3n) is 3.28. The minimum absolute atomic E-state index is 0.353. The van der Waals surface area contributed by atoms with E-state index in [1.54, 1.807) is 0 Å². The van der Waals surface area contributed by atoms with E-state index in [1.807, 2.05) is 11.7 Å². The summed E-state index contributed by atoms with van der Waals surface area (Å²) in [4.78, 5) is 0. The van der Waals surface area contributed by atoms with Gasteiger partial charge >= 0.3 is 0 Å². The third kappa shape index (κ3) is 1.84. The molecule has 1 unspecified atom stereocenters. The van der Waals surface area contributed by atoms with E-state index < -0.39 is 0 Å². The van der Waals surface area contributed by atoms with Crippen LogP contribution in [0.2, 0.25) is 0 Å². The summed E-state index contributed by atoms with van der Waals surface area (Å²) in [5.74, 6) is 0. The molecule has 2 N–H and O–H groups in total. The summed E-state index contributed by atoms with van der Waals surface area (Å²) < 4.78 is 1.96. The van der Waals surface area contributed by atoms with E-state index in [1.165, 1.54) is 16.8 Å². The molecule has 15 heavy (non-hydrogen) atoms. The van der Waals surface area contributed by atoms with Crippen LogP contribution in [-0.4, -0.2) is 15.8 Å². The van der Waals surface area contributed by atoms with Crippen molar-refractivity contribution >= 4 is 5.57 Å². The minimum Gasteiger partial charge on any atom is -0.327 e. The molecule has 0 aliphatic heterocycles. The van der Waals surface area contributed by atoms with Crippen LogP contribution in [0.25, 0.3) is 5.57 Å². The molecular formula is C12H19N3. The van der Waals surface area contributed by atoms with Crippen LogP contribution in [0, 0.1) is 13.8 Å². The third-order valence-corrected chi connectivity index (χ3v) is 3.28. The summed E-state index contributed by atoms with van der Waals surface area (Å²) >= 11 is 0. The van der Waals surface area contributed by atoms with Crippen molar-refractivity contribution in [2.75, 3.05) is 0 Å². The van der Waals surface area contributed by atoms with Gasteiger partial charge in [-0.3, -0.25) is 4.68 Å². The van der Waals surface area contributed by atoms with Crippen molar-refractivity contribution in [3.63, 3.8) is 0 Å². The number of nitrogens with zero attached hydrogens (tertiary/aromatic N) is 2. The second kappa shape index (κ2) is 3.81. The van der Waals surface area contributed by atoms with Gasteiger partial charge in [0.15, 0.2) is 0 Å². The van der Waals surface area contributed by atoms with Crippen LogP contribution in [0.3, 0.4) is 0 Å². The lowest BCUT2D eigenvalue weighted by Gasteiger charge is -2.18. The summed E-state index contributed by atoms with van der Waals surface area (Å²) in [6.45, 7) is 4.21. The first-order valence-electron chi connectivity index (χ1n) is 5.54. The Bertz CT molecular complexity index is 401. The molecule has 1 aromatic rings. The van der Waals surface area contributed by atoms with Crippen LogP contribution >= 0.6 is 0 Å². The molecule has 1 heterocycles. The summed E-state index contributed by atoms with van der Waals surface area (Å²) in [6.07, 6.45) is 5.47. The second-order valence-corrected chi connectivity index (χ2v) is 4.43. The molecule has 0 radical (unpaired) electrons. The van der Waals surface area contributed by atoms with Gasteiger partial charge in [-0.2, -0.15) is 5.10 Å². The fourth-order valence-electron chi connectivity index (χ4n) is 2.32. The van der Waals surface area contributed by atoms with Gasteiger partial charge in [0, 0.05) is 24.3 Å². The second-order valence-electron chi connectivity index (χ2n) is 4.43. The van der Waals surface area contributed by atoms with E-state index >= 15 is 0 Å². The highest BCUT2D eigenvalue weighted by atomic mass is 15.3. The van der Waals surface area contributed by atoms with E-state index in [4.69, 9.17) is 5.73 Å². The first kappa shape index (κ1) is 10.4. The molecule has 0 aromatic carbocycles. The van der Waals surface area contributed by atoms with Crippen molar-refractivity contribution in [1.82, 2.24) is 9.78 Å². The van der Waals surface area contributed by atoms with Gasteiger partial charge in [0.25, 0.3) is 0 Å². The number of hydrogen-bond donors (Lipinski definition) is 1. The highest BCUT2D eigenvalue weighted by Crippen LogP contribution is 2.30. The van der Waals surface area contributed by atoms with Gasteiger partial charge < -0.3 is 5.73 Å². The smallest absolute Gasteiger partial charge is 0.0671 e. The summed E-state index contributed by atoms with van der Waals surface area (Å²) in [6, 6.07) is 0.353. The number of aromatic nitrogens is 2. The fourth-order valence-corrected chi connectivity index (χ4v) is 2.32. The maximum atomic E-state index is 5.89. The number of rotatable bonds is 1. The van der Waals surface area contributed by atoms with E-state index in [2.05, 4.69) is 25.0 Å². The van der Waals surface area contributed by atoms with Crippen LogP contribution in [0.4, 0.5) is 0 Å². The van der Waals surface area contributed by atoms with E-state index in [0.717, 1.165) is 25.0 Å². The average Bonchev–Trinajstić information content (AvgIpc) is 2.44. The van der Waals surface area contributed by atoms with Crippen molar-refractivity contribution in [2.24, 2.45) is 12.8 Å². The molecular weight excluding hydrogens is 186 g/mol. The zero-order chi connectivity index (χ0) is 11.0. The molecule has 82 valence electrons. The Morgan fingerprint density at radius 1 is 1.47 bits per heavy atom. The van der Waals surface area contributed by atoms with Crippen LogP contribution < -0.4 is 5.73 Å². The van der Waals surface area contributed by atoms with E-state index in [-0.39, 0.29) is 0 Å². The van der Waals surface area contributed by atoms with Crippen molar-refractivity contribution in [2.45, 2.75) is 39.2 Å².